The molecular weight excluding hydrogens is 436 g/mol. The normalized spacial score (nSPS) is 30.1. The van der Waals surface area contributed by atoms with Crippen LogP contribution in [0, 0.1) is 0 Å². The Hall–Kier alpha value is -1.90. The summed E-state index contributed by atoms with van der Waals surface area (Å²) in [7, 11) is -1.29. The Morgan fingerprint density at radius 1 is 1.19 bits per heavy atom. The fraction of sp³-hybridized carbons (Fsp3) is 0.545. The first-order valence-electron chi connectivity index (χ1n) is 10.9. The van der Waals surface area contributed by atoms with E-state index in [0.29, 0.717) is 40.5 Å². The van der Waals surface area contributed by atoms with Crippen LogP contribution in [0.5, 0.6) is 5.88 Å². The predicted molar refractivity (Wildman–Crippen MR) is 119 cm³/mol. The van der Waals surface area contributed by atoms with E-state index in [0.717, 1.165) is 43.5 Å². The summed E-state index contributed by atoms with van der Waals surface area (Å²) in [4.78, 5) is 12.3. The van der Waals surface area contributed by atoms with Gasteiger partial charge in [-0.2, -0.15) is 9.97 Å². The number of rotatable bonds is 5. The number of fused-ring (bicyclic) bond motifs is 3. The zero-order valence-electron chi connectivity index (χ0n) is 17.1. The fourth-order valence-electron chi connectivity index (χ4n) is 5.48. The molecule has 0 amide bonds. The van der Waals surface area contributed by atoms with E-state index in [9.17, 15) is 9.32 Å². The Bertz CT molecular complexity index is 1030. The molecule has 2 aliphatic carbocycles. The van der Waals surface area contributed by atoms with Crippen molar-refractivity contribution >= 4 is 34.2 Å². The van der Waals surface area contributed by atoms with Gasteiger partial charge in [0, 0.05) is 17.1 Å². The monoisotopic (exact) mass is 460 g/mol. The first kappa shape index (κ1) is 19.8. The average Bonchev–Trinajstić information content (AvgIpc) is 3.12. The van der Waals surface area contributed by atoms with Crippen molar-refractivity contribution in [3.63, 3.8) is 0 Å². The maximum absolute atomic E-state index is 12.5. The fourth-order valence-corrected chi connectivity index (χ4v) is 6.55. The summed E-state index contributed by atoms with van der Waals surface area (Å²) in [5.74, 6) is 2.24. The summed E-state index contributed by atoms with van der Waals surface area (Å²) in [6.45, 7) is 0.0341. The van der Waals surface area contributed by atoms with Gasteiger partial charge in [0.1, 0.15) is 15.7 Å². The van der Waals surface area contributed by atoms with E-state index in [2.05, 4.69) is 27.3 Å². The van der Waals surface area contributed by atoms with E-state index in [1.165, 1.54) is 5.56 Å². The molecule has 1 aromatic carbocycles. The molecule has 2 N–H and O–H groups in total. The quantitative estimate of drug-likeness (QED) is 0.706. The van der Waals surface area contributed by atoms with Gasteiger partial charge in [0.05, 0.1) is 12.1 Å². The smallest absolute Gasteiger partial charge is 0.238 e. The van der Waals surface area contributed by atoms with Gasteiger partial charge in [0.25, 0.3) is 0 Å². The minimum Gasteiger partial charge on any atom is -0.463 e. The highest BCUT2D eigenvalue weighted by Crippen LogP contribution is 2.48. The molecule has 1 aromatic heterocycles. The van der Waals surface area contributed by atoms with Gasteiger partial charge in [0.15, 0.2) is 11.8 Å². The Morgan fingerprint density at radius 2 is 1.94 bits per heavy atom. The SMILES string of the molecule is O=[S@@]1COc2nc(N3C4CC(c5ccc(Cl)cc5)CC3C4)nc(NC3(CO)CCC3)c21. The number of aromatic nitrogens is 2. The van der Waals surface area contributed by atoms with Gasteiger partial charge in [-0.1, -0.05) is 23.7 Å². The van der Waals surface area contributed by atoms with Gasteiger partial charge in [-0.05, 0) is 62.1 Å². The molecular formula is C22H25ClN4O3S. The topological polar surface area (TPSA) is 87.6 Å². The van der Waals surface area contributed by atoms with Gasteiger partial charge < -0.3 is 20.1 Å². The number of hydrogen-bond donors (Lipinski definition) is 2. The zero-order valence-corrected chi connectivity index (χ0v) is 18.7. The first-order valence-corrected chi connectivity index (χ1v) is 12.6. The molecule has 2 saturated heterocycles. The lowest BCUT2D eigenvalue weighted by Crippen LogP contribution is -2.61. The lowest BCUT2D eigenvalue weighted by molar-refractivity contribution is 0.143. The van der Waals surface area contributed by atoms with Crippen molar-refractivity contribution in [1.82, 2.24) is 9.97 Å². The Labute approximate surface area is 188 Å². The molecule has 2 bridgehead atoms. The van der Waals surface area contributed by atoms with Crippen LogP contribution in [-0.2, 0) is 10.8 Å². The Kier molecular flexibility index (Phi) is 4.67. The third kappa shape index (κ3) is 3.22. The molecule has 31 heavy (non-hydrogen) atoms. The number of aliphatic hydroxyl groups is 1. The number of nitrogens with one attached hydrogen (secondary N) is 1. The van der Waals surface area contributed by atoms with E-state index in [1.54, 1.807) is 0 Å². The maximum Gasteiger partial charge on any atom is 0.238 e. The van der Waals surface area contributed by atoms with E-state index >= 15 is 0 Å². The molecule has 3 aliphatic heterocycles. The van der Waals surface area contributed by atoms with Crippen molar-refractivity contribution in [2.45, 2.75) is 67.0 Å². The number of nitrogens with zero attached hydrogens (tertiary/aromatic N) is 3. The third-order valence-corrected chi connectivity index (χ3v) is 8.77. The molecule has 3 atom stereocenters. The summed E-state index contributed by atoms with van der Waals surface area (Å²) < 4.78 is 18.2. The summed E-state index contributed by atoms with van der Waals surface area (Å²) in [5, 5.41) is 14.1. The van der Waals surface area contributed by atoms with Crippen LogP contribution in [0.3, 0.4) is 0 Å². The van der Waals surface area contributed by atoms with Crippen molar-refractivity contribution < 1.29 is 14.1 Å². The van der Waals surface area contributed by atoms with Crippen LogP contribution in [0.15, 0.2) is 29.2 Å². The Balaban J connectivity index is 1.28. The maximum atomic E-state index is 12.5. The van der Waals surface area contributed by atoms with E-state index in [-0.39, 0.29) is 18.1 Å². The highest BCUT2D eigenvalue weighted by Gasteiger charge is 2.48. The summed E-state index contributed by atoms with van der Waals surface area (Å²) in [5.41, 5.74) is 0.959. The van der Waals surface area contributed by atoms with Crippen LogP contribution < -0.4 is 15.0 Å². The van der Waals surface area contributed by atoms with Gasteiger partial charge in [0.2, 0.25) is 11.8 Å². The van der Waals surface area contributed by atoms with Crippen molar-refractivity contribution in [3.8, 4) is 5.88 Å². The molecule has 164 valence electrons. The van der Waals surface area contributed by atoms with Crippen LogP contribution in [0.1, 0.15) is 50.0 Å². The van der Waals surface area contributed by atoms with Gasteiger partial charge >= 0.3 is 0 Å². The molecule has 0 radical (unpaired) electrons. The minimum atomic E-state index is -1.29. The number of halogens is 1. The van der Waals surface area contributed by atoms with Crippen molar-refractivity contribution in [3.05, 3.63) is 34.9 Å². The second kappa shape index (κ2) is 7.32. The molecule has 7 rings (SSSR count). The number of aliphatic hydroxyl groups excluding tert-OH is 1. The van der Waals surface area contributed by atoms with Crippen LogP contribution in [-0.4, -0.2) is 49.5 Å². The number of anilines is 2. The highest BCUT2D eigenvalue weighted by molar-refractivity contribution is 7.85. The number of benzene rings is 1. The summed E-state index contributed by atoms with van der Waals surface area (Å²) >= 11 is 6.05. The van der Waals surface area contributed by atoms with Crippen molar-refractivity contribution in [2.75, 3.05) is 22.8 Å². The summed E-state index contributed by atoms with van der Waals surface area (Å²) in [6, 6.07) is 8.95. The van der Waals surface area contributed by atoms with E-state index in [1.807, 2.05) is 12.1 Å². The largest absolute Gasteiger partial charge is 0.463 e. The average molecular weight is 461 g/mol. The Morgan fingerprint density at radius 3 is 2.58 bits per heavy atom. The molecule has 2 saturated carbocycles. The second-order valence-corrected chi connectivity index (χ2v) is 11.0. The van der Waals surface area contributed by atoms with Crippen LogP contribution in [0.4, 0.5) is 11.8 Å². The molecule has 4 fully saturated rings. The van der Waals surface area contributed by atoms with Crippen LogP contribution in [0.2, 0.25) is 5.02 Å². The standard InChI is InChI=1S/C22H25ClN4O3S/c23-15-4-2-13(3-5-15)14-8-16-10-17(9-14)27(16)21-24-19(26-22(11-28)6-1-7-22)18-20(25-21)30-12-31(18)29/h2-5,14,16-17,28H,1,6-12H2,(H,24,25,26)/t14?,16?,17?,31-/m1/s1. The third-order valence-electron chi connectivity index (χ3n) is 7.37. The number of hydrogen-bond acceptors (Lipinski definition) is 7. The van der Waals surface area contributed by atoms with Crippen molar-refractivity contribution in [1.29, 1.82) is 0 Å². The molecule has 4 heterocycles. The molecule has 5 aliphatic rings. The van der Waals surface area contributed by atoms with E-state index in [4.69, 9.17) is 21.3 Å². The van der Waals surface area contributed by atoms with Gasteiger partial charge in [-0.25, -0.2) is 0 Å². The lowest BCUT2D eigenvalue weighted by atomic mass is 9.71. The lowest BCUT2D eigenvalue weighted by Gasteiger charge is -2.55. The highest BCUT2D eigenvalue weighted by atomic mass is 35.5. The summed E-state index contributed by atoms with van der Waals surface area (Å²) in [6.07, 6.45) is 6.06. The van der Waals surface area contributed by atoms with E-state index < -0.39 is 10.8 Å². The number of ether oxygens (including phenoxy) is 1. The van der Waals surface area contributed by atoms with Gasteiger partial charge in [-0.15, -0.1) is 0 Å². The molecule has 2 unspecified atom stereocenters. The first-order chi connectivity index (χ1) is 15.0. The number of piperidine rings is 1. The zero-order chi connectivity index (χ0) is 21.2. The molecule has 0 spiro atoms. The molecule has 2 aromatic rings. The minimum absolute atomic E-state index is 0.0341. The van der Waals surface area contributed by atoms with Gasteiger partial charge in [-0.3, -0.25) is 4.21 Å². The molecule has 7 nitrogen and oxygen atoms in total. The van der Waals surface area contributed by atoms with Crippen LogP contribution in [0.25, 0.3) is 0 Å². The predicted octanol–water partition coefficient (Wildman–Crippen LogP) is 3.44. The molecule has 9 heteroatoms. The van der Waals surface area contributed by atoms with Crippen LogP contribution >= 0.6 is 11.6 Å². The second-order valence-electron chi connectivity index (χ2n) is 9.20. The van der Waals surface area contributed by atoms with Crippen molar-refractivity contribution in [2.24, 2.45) is 0 Å².